The SMILES string of the molecule is CCCCCOc1ccc(S(=O)(=O)NCc2ccccc2)cc1C. The predicted molar refractivity (Wildman–Crippen MR) is 96.7 cm³/mol. The molecular weight excluding hydrogens is 322 g/mol. The van der Waals surface area contributed by atoms with Crippen LogP contribution in [0.15, 0.2) is 53.4 Å². The number of rotatable bonds is 9. The maximum absolute atomic E-state index is 12.4. The quantitative estimate of drug-likeness (QED) is 0.697. The Labute approximate surface area is 144 Å². The van der Waals surface area contributed by atoms with E-state index < -0.39 is 10.0 Å². The lowest BCUT2D eigenvalue weighted by molar-refractivity contribution is 0.304. The van der Waals surface area contributed by atoms with Crippen molar-refractivity contribution in [3.8, 4) is 5.75 Å². The molecule has 0 aliphatic rings. The summed E-state index contributed by atoms with van der Waals surface area (Å²) in [6.07, 6.45) is 3.29. The minimum atomic E-state index is -3.53. The monoisotopic (exact) mass is 347 g/mol. The van der Waals surface area contributed by atoms with E-state index in [0.29, 0.717) is 6.61 Å². The number of hydrogen-bond acceptors (Lipinski definition) is 3. The van der Waals surface area contributed by atoms with E-state index in [0.717, 1.165) is 36.1 Å². The number of benzene rings is 2. The van der Waals surface area contributed by atoms with Crippen LogP contribution >= 0.6 is 0 Å². The summed E-state index contributed by atoms with van der Waals surface area (Å²) < 4.78 is 33.2. The van der Waals surface area contributed by atoms with Crippen LogP contribution in [0, 0.1) is 6.92 Å². The van der Waals surface area contributed by atoms with Crippen LogP contribution in [0.4, 0.5) is 0 Å². The molecule has 4 nitrogen and oxygen atoms in total. The van der Waals surface area contributed by atoms with Gasteiger partial charge in [-0.1, -0.05) is 50.1 Å². The second kappa shape index (κ2) is 8.85. The van der Waals surface area contributed by atoms with Gasteiger partial charge in [-0.15, -0.1) is 0 Å². The summed E-state index contributed by atoms with van der Waals surface area (Å²) >= 11 is 0. The molecule has 0 bridgehead atoms. The van der Waals surface area contributed by atoms with Gasteiger partial charge in [0.1, 0.15) is 5.75 Å². The van der Waals surface area contributed by atoms with Gasteiger partial charge in [0.15, 0.2) is 0 Å². The highest BCUT2D eigenvalue weighted by molar-refractivity contribution is 7.89. The molecule has 2 aromatic carbocycles. The largest absolute Gasteiger partial charge is 0.493 e. The summed E-state index contributed by atoms with van der Waals surface area (Å²) in [5.41, 5.74) is 1.75. The minimum absolute atomic E-state index is 0.261. The molecule has 2 aromatic rings. The van der Waals surface area contributed by atoms with Crippen LogP contribution in [0.2, 0.25) is 0 Å². The zero-order chi connectivity index (χ0) is 17.4. The Morgan fingerprint density at radius 1 is 1.04 bits per heavy atom. The number of aryl methyl sites for hydroxylation is 1. The van der Waals surface area contributed by atoms with Crippen molar-refractivity contribution in [2.75, 3.05) is 6.61 Å². The lowest BCUT2D eigenvalue weighted by Gasteiger charge is -2.12. The first-order valence-corrected chi connectivity index (χ1v) is 9.78. The van der Waals surface area contributed by atoms with Gasteiger partial charge < -0.3 is 4.74 Å². The van der Waals surface area contributed by atoms with Gasteiger partial charge in [-0.25, -0.2) is 13.1 Å². The molecule has 0 unspecified atom stereocenters. The average molecular weight is 347 g/mol. The smallest absolute Gasteiger partial charge is 0.240 e. The molecule has 0 aliphatic carbocycles. The molecule has 5 heteroatoms. The molecule has 24 heavy (non-hydrogen) atoms. The highest BCUT2D eigenvalue weighted by atomic mass is 32.2. The predicted octanol–water partition coefficient (Wildman–Crippen LogP) is 4.04. The van der Waals surface area contributed by atoms with Crippen LogP contribution in [0.1, 0.15) is 37.3 Å². The molecule has 0 saturated carbocycles. The zero-order valence-corrected chi connectivity index (χ0v) is 15.1. The maximum atomic E-state index is 12.4. The number of nitrogens with one attached hydrogen (secondary N) is 1. The van der Waals surface area contributed by atoms with Crippen molar-refractivity contribution in [3.63, 3.8) is 0 Å². The van der Waals surface area contributed by atoms with Crippen molar-refractivity contribution < 1.29 is 13.2 Å². The van der Waals surface area contributed by atoms with E-state index in [1.807, 2.05) is 37.3 Å². The van der Waals surface area contributed by atoms with Gasteiger partial charge in [-0.3, -0.25) is 0 Å². The van der Waals surface area contributed by atoms with Crippen LogP contribution in [0.3, 0.4) is 0 Å². The number of unbranched alkanes of at least 4 members (excludes halogenated alkanes) is 2. The fraction of sp³-hybridized carbons (Fsp3) is 0.368. The number of hydrogen-bond donors (Lipinski definition) is 1. The summed E-state index contributed by atoms with van der Waals surface area (Å²) in [6.45, 7) is 4.95. The Balaban J connectivity index is 2.01. The molecule has 1 N–H and O–H groups in total. The fourth-order valence-electron chi connectivity index (χ4n) is 2.34. The van der Waals surface area contributed by atoms with E-state index in [4.69, 9.17) is 4.74 Å². The van der Waals surface area contributed by atoms with Gasteiger partial charge >= 0.3 is 0 Å². The first-order valence-electron chi connectivity index (χ1n) is 8.30. The lowest BCUT2D eigenvalue weighted by atomic mass is 10.2. The third kappa shape index (κ3) is 5.35. The summed E-state index contributed by atoms with van der Waals surface area (Å²) in [5, 5.41) is 0. The Hall–Kier alpha value is -1.85. The molecule has 2 rings (SSSR count). The van der Waals surface area contributed by atoms with Crippen molar-refractivity contribution in [2.24, 2.45) is 0 Å². The van der Waals surface area contributed by atoms with Gasteiger partial charge in [-0.2, -0.15) is 0 Å². The Kier molecular flexibility index (Phi) is 6.82. The van der Waals surface area contributed by atoms with E-state index in [9.17, 15) is 8.42 Å². The Morgan fingerprint density at radius 3 is 2.46 bits per heavy atom. The first-order chi connectivity index (χ1) is 11.5. The molecule has 0 atom stereocenters. The topological polar surface area (TPSA) is 55.4 Å². The molecule has 0 aromatic heterocycles. The molecule has 0 radical (unpaired) electrons. The van der Waals surface area contributed by atoms with Gasteiger partial charge in [0.05, 0.1) is 11.5 Å². The van der Waals surface area contributed by atoms with Crippen LogP contribution in [0.25, 0.3) is 0 Å². The van der Waals surface area contributed by atoms with Crippen molar-refractivity contribution in [1.82, 2.24) is 4.72 Å². The van der Waals surface area contributed by atoms with Crippen molar-refractivity contribution in [3.05, 3.63) is 59.7 Å². The second-order valence-electron chi connectivity index (χ2n) is 5.79. The zero-order valence-electron chi connectivity index (χ0n) is 14.3. The fourth-order valence-corrected chi connectivity index (χ4v) is 3.45. The molecular formula is C19H25NO3S. The minimum Gasteiger partial charge on any atom is -0.493 e. The lowest BCUT2D eigenvalue weighted by Crippen LogP contribution is -2.23. The molecule has 0 amide bonds. The van der Waals surface area contributed by atoms with E-state index in [1.54, 1.807) is 18.2 Å². The highest BCUT2D eigenvalue weighted by Gasteiger charge is 2.15. The van der Waals surface area contributed by atoms with Crippen molar-refractivity contribution >= 4 is 10.0 Å². The maximum Gasteiger partial charge on any atom is 0.240 e. The van der Waals surface area contributed by atoms with Gasteiger partial charge in [0, 0.05) is 6.54 Å². The summed E-state index contributed by atoms with van der Waals surface area (Å²) in [4.78, 5) is 0.261. The summed E-state index contributed by atoms with van der Waals surface area (Å²) in [5.74, 6) is 0.744. The molecule has 0 aliphatic heterocycles. The van der Waals surface area contributed by atoms with Crippen LogP contribution in [-0.2, 0) is 16.6 Å². The van der Waals surface area contributed by atoms with E-state index >= 15 is 0 Å². The first kappa shape index (κ1) is 18.5. The van der Waals surface area contributed by atoms with Crippen LogP contribution in [-0.4, -0.2) is 15.0 Å². The summed E-state index contributed by atoms with van der Waals surface area (Å²) in [6, 6.07) is 14.4. The third-order valence-corrected chi connectivity index (χ3v) is 5.17. The number of ether oxygens (including phenoxy) is 1. The van der Waals surface area contributed by atoms with Crippen LogP contribution < -0.4 is 9.46 Å². The van der Waals surface area contributed by atoms with Gasteiger partial charge in [-0.05, 0) is 42.7 Å². The van der Waals surface area contributed by atoms with Crippen molar-refractivity contribution in [2.45, 2.75) is 44.6 Å². The summed E-state index contributed by atoms with van der Waals surface area (Å²) in [7, 11) is -3.53. The van der Waals surface area contributed by atoms with E-state index in [2.05, 4.69) is 11.6 Å². The van der Waals surface area contributed by atoms with E-state index in [-0.39, 0.29) is 11.4 Å². The Morgan fingerprint density at radius 2 is 1.79 bits per heavy atom. The second-order valence-corrected chi connectivity index (χ2v) is 7.56. The molecule has 0 spiro atoms. The standard InChI is InChI=1S/C19H25NO3S/c1-3-4-8-13-23-19-12-11-18(14-16(19)2)24(21,22)20-15-17-9-6-5-7-10-17/h5-7,9-12,14,20H,3-4,8,13,15H2,1-2H3. The molecule has 0 saturated heterocycles. The van der Waals surface area contributed by atoms with Gasteiger partial charge in [0.2, 0.25) is 10.0 Å². The molecule has 0 heterocycles. The molecule has 130 valence electrons. The third-order valence-electron chi connectivity index (χ3n) is 3.77. The Bertz CT molecular complexity index is 742. The normalized spacial score (nSPS) is 11.4. The number of sulfonamides is 1. The average Bonchev–Trinajstić information content (AvgIpc) is 2.59. The van der Waals surface area contributed by atoms with Crippen LogP contribution in [0.5, 0.6) is 5.75 Å². The van der Waals surface area contributed by atoms with Crippen molar-refractivity contribution in [1.29, 1.82) is 0 Å². The highest BCUT2D eigenvalue weighted by Crippen LogP contribution is 2.22. The van der Waals surface area contributed by atoms with E-state index in [1.165, 1.54) is 0 Å². The molecule has 0 fully saturated rings. The van der Waals surface area contributed by atoms with Gasteiger partial charge in [0.25, 0.3) is 0 Å².